The van der Waals surface area contributed by atoms with Gasteiger partial charge < -0.3 is 10.2 Å². The first-order valence-corrected chi connectivity index (χ1v) is 9.27. The summed E-state index contributed by atoms with van der Waals surface area (Å²) in [5.74, 6) is 1.40. The van der Waals surface area contributed by atoms with Crippen LogP contribution in [-0.2, 0) is 0 Å². The van der Waals surface area contributed by atoms with Crippen LogP contribution < -0.4 is 5.32 Å². The Labute approximate surface area is 133 Å². The van der Waals surface area contributed by atoms with Crippen LogP contribution in [0.4, 0.5) is 4.79 Å². The van der Waals surface area contributed by atoms with E-state index in [2.05, 4.69) is 21.2 Å². The minimum atomic E-state index is 0.150. The Morgan fingerprint density at radius 3 is 3.09 bits per heavy atom. The third kappa shape index (κ3) is 2.36. The van der Waals surface area contributed by atoms with Crippen LogP contribution in [0.3, 0.4) is 0 Å². The summed E-state index contributed by atoms with van der Waals surface area (Å²) in [6.07, 6.45) is 10.4. The minimum absolute atomic E-state index is 0.150. The van der Waals surface area contributed by atoms with Crippen molar-refractivity contribution in [3.8, 4) is 0 Å². The van der Waals surface area contributed by atoms with Crippen molar-refractivity contribution in [3.63, 3.8) is 0 Å². The highest BCUT2D eigenvalue weighted by Gasteiger charge is 2.46. The van der Waals surface area contributed by atoms with E-state index in [4.69, 9.17) is 0 Å². The van der Waals surface area contributed by atoms with Gasteiger partial charge in [-0.15, -0.1) is 0 Å². The number of likely N-dealkylation sites (tertiary alicyclic amines) is 1. The lowest BCUT2D eigenvalue weighted by molar-refractivity contribution is 0.00795. The molecule has 0 aromatic rings. The Balaban J connectivity index is 1.61. The van der Waals surface area contributed by atoms with Gasteiger partial charge in [0.05, 0.1) is 6.04 Å². The highest BCUT2D eigenvalue weighted by Crippen LogP contribution is 2.44. The summed E-state index contributed by atoms with van der Waals surface area (Å²) in [4.78, 5) is 17.3. The van der Waals surface area contributed by atoms with E-state index in [1.54, 1.807) is 5.57 Å². The van der Waals surface area contributed by atoms with E-state index in [0.29, 0.717) is 12.0 Å². The fourth-order valence-corrected chi connectivity index (χ4v) is 5.45. The highest BCUT2D eigenvalue weighted by atomic mass is 16.2. The zero-order chi connectivity index (χ0) is 15.1. The van der Waals surface area contributed by atoms with Crippen molar-refractivity contribution in [2.75, 3.05) is 26.2 Å². The lowest BCUT2D eigenvalue weighted by atomic mass is 9.68. The molecule has 4 nitrogen and oxygen atoms in total. The summed E-state index contributed by atoms with van der Waals surface area (Å²) < 4.78 is 0. The van der Waals surface area contributed by atoms with Gasteiger partial charge in [-0.3, -0.25) is 4.90 Å². The quantitative estimate of drug-likeness (QED) is 0.756. The fourth-order valence-electron chi connectivity index (χ4n) is 5.45. The van der Waals surface area contributed by atoms with Crippen LogP contribution in [-0.4, -0.2) is 54.1 Å². The molecule has 0 aromatic carbocycles. The average Bonchev–Trinajstić information content (AvgIpc) is 2.54. The molecule has 2 amide bonds. The summed E-state index contributed by atoms with van der Waals surface area (Å²) in [6.45, 7) is 6.14. The van der Waals surface area contributed by atoms with Gasteiger partial charge in [0.1, 0.15) is 0 Å². The molecular weight excluding hydrogens is 274 g/mol. The first-order valence-electron chi connectivity index (χ1n) is 9.27. The second-order valence-electron chi connectivity index (χ2n) is 7.54. The molecule has 22 heavy (non-hydrogen) atoms. The highest BCUT2D eigenvalue weighted by molar-refractivity contribution is 5.75. The van der Waals surface area contributed by atoms with Gasteiger partial charge in [0.2, 0.25) is 0 Å². The van der Waals surface area contributed by atoms with Crippen LogP contribution in [0.25, 0.3) is 0 Å². The Kier molecular flexibility index (Phi) is 3.89. The molecule has 3 saturated heterocycles. The van der Waals surface area contributed by atoms with Crippen molar-refractivity contribution in [3.05, 3.63) is 11.6 Å². The van der Waals surface area contributed by atoms with Gasteiger partial charge in [-0.2, -0.15) is 0 Å². The summed E-state index contributed by atoms with van der Waals surface area (Å²) in [5, 5.41) is 3.02. The smallest absolute Gasteiger partial charge is 0.317 e. The van der Waals surface area contributed by atoms with Crippen LogP contribution in [0.1, 0.15) is 45.4 Å². The third-order valence-electron chi connectivity index (χ3n) is 6.25. The number of piperidine rings is 3. The summed E-state index contributed by atoms with van der Waals surface area (Å²) in [5.41, 5.74) is 1.57. The largest absolute Gasteiger partial charge is 0.338 e. The number of hydrogen-bond acceptors (Lipinski definition) is 2. The monoisotopic (exact) mass is 303 g/mol. The topological polar surface area (TPSA) is 35.6 Å². The van der Waals surface area contributed by atoms with Crippen molar-refractivity contribution in [1.82, 2.24) is 15.1 Å². The number of urea groups is 1. The molecule has 0 spiro atoms. The molecule has 0 radical (unpaired) electrons. The average molecular weight is 303 g/mol. The van der Waals surface area contributed by atoms with Gasteiger partial charge >= 0.3 is 6.03 Å². The van der Waals surface area contributed by atoms with Gasteiger partial charge in [-0.05, 0) is 57.4 Å². The van der Waals surface area contributed by atoms with Crippen molar-refractivity contribution < 1.29 is 4.79 Å². The fraction of sp³-hybridized carbons (Fsp3) is 0.833. The van der Waals surface area contributed by atoms with Crippen LogP contribution in [0.2, 0.25) is 0 Å². The standard InChI is InChI=1S/C18H29N3O/c1-2-19-18(22)21-9-5-6-13-10-14-11-15(17(13)21)12-20-8-4-3-7-16(14)20/h10,14-17H,2-9,11-12H2,1H3,(H,19,22)/t14-,15-,16-,17+/m0/s1. The maximum atomic E-state index is 12.5. The molecule has 3 heterocycles. The van der Waals surface area contributed by atoms with E-state index in [1.807, 2.05) is 6.92 Å². The van der Waals surface area contributed by atoms with Gasteiger partial charge in [0, 0.05) is 25.7 Å². The SMILES string of the molecule is CCNC(=O)N1CCCC2=C[C@H]3C[C@@H](CN4CCCC[C@@H]34)[C@@H]21. The van der Waals surface area contributed by atoms with E-state index in [9.17, 15) is 4.79 Å². The normalized spacial score (nSPS) is 37.9. The maximum absolute atomic E-state index is 12.5. The second kappa shape index (κ2) is 5.88. The van der Waals surface area contributed by atoms with Gasteiger partial charge in [-0.25, -0.2) is 4.79 Å². The molecule has 1 aliphatic carbocycles. The molecule has 2 bridgehead atoms. The van der Waals surface area contributed by atoms with E-state index in [0.717, 1.165) is 31.5 Å². The number of nitrogens with zero attached hydrogens (tertiary/aromatic N) is 2. The molecular formula is C18H29N3O. The van der Waals surface area contributed by atoms with E-state index < -0.39 is 0 Å². The zero-order valence-corrected chi connectivity index (χ0v) is 13.8. The number of nitrogens with one attached hydrogen (secondary N) is 1. The number of hydrogen-bond donors (Lipinski definition) is 1. The van der Waals surface area contributed by atoms with Crippen LogP contribution in [0.5, 0.6) is 0 Å². The Morgan fingerprint density at radius 2 is 2.23 bits per heavy atom. The Bertz CT molecular complexity index is 475. The van der Waals surface area contributed by atoms with Crippen LogP contribution >= 0.6 is 0 Å². The first kappa shape index (κ1) is 14.6. The van der Waals surface area contributed by atoms with E-state index >= 15 is 0 Å². The van der Waals surface area contributed by atoms with E-state index in [-0.39, 0.29) is 6.03 Å². The van der Waals surface area contributed by atoms with Gasteiger partial charge in [-0.1, -0.05) is 18.1 Å². The Hall–Kier alpha value is -1.03. The number of amides is 2. The van der Waals surface area contributed by atoms with Gasteiger partial charge in [0.15, 0.2) is 0 Å². The Morgan fingerprint density at radius 1 is 1.32 bits per heavy atom. The van der Waals surface area contributed by atoms with Crippen molar-refractivity contribution in [2.45, 2.75) is 57.5 Å². The number of fused-ring (bicyclic) bond motifs is 6. The van der Waals surface area contributed by atoms with Crippen molar-refractivity contribution in [2.24, 2.45) is 11.8 Å². The van der Waals surface area contributed by atoms with Gasteiger partial charge in [0.25, 0.3) is 0 Å². The summed E-state index contributed by atoms with van der Waals surface area (Å²) in [6, 6.07) is 1.31. The summed E-state index contributed by atoms with van der Waals surface area (Å²) >= 11 is 0. The van der Waals surface area contributed by atoms with E-state index in [1.165, 1.54) is 45.2 Å². The lowest BCUT2D eigenvalue weighted by Crippen LogP contribution is -2.61. The van der Waals surface area contributed by atoms with Crippen LogP contribution in [0, 0.1) is 11.8 Å². The molecule has 4 atom stereocenters. The van der Waals surface area contributed by atoms with Crippen molar-refractivity contribution >= 4 is 6.03 Å². The third-order valence-corrected chi connectivity index (χ3v) is 6.25. The maximum Gasteiger partial charge on any atom is 0.317 e. The molecule has 0 unspecified atom stereocenters. The lowest BCUT2D eigenvalue weighted by Gasteiger charge is -2.54. The minimum Gasteiger partial charge on any atom is -0.338 e. The first-order chi connectivity index (χ1) is 10.8. The molecule has 4 aliphatic rings. The van der Waals surface area contributed by atoms with Crippen molar-refractivity contribution in [1.29, 1.82) is 0 Å². The molecule has 3 aliphatic heterocycles. The molecule has 1 N–H and O–H groups in total. The molecule has 3 fully saturated rings. The predicted octanol–water partition coefficient (Wildman–Crippen LogP) is 2.61. The number of carbonyl (C=O) groups excluding carboxylic acids is 1. The molecule has 4 rings (SSSR count). The molecule has 0 saturated carbocycles. The molecule has 122 valence electrons. The summed E-state index contributed by atoms with van der Waals surface area (Å²) in [7, 11) is 0. The van der Waals surface area contributed by atoms with Crippen LogP contribution in [0.15, 0.2) is 11.6 Å². The zero-order valence-electron chi connectivity index (χ0n) is 13.8. The molecule has 0 aromatic heterocycles. The predicted molar refractivity (Wildman–Crippen MR) is 87.7 cm³/mol. The second-order valence-corrected chi connectivity index (χ2v) is 7.54. The number of carbonyl (C=O) groups is 1. The molecule has 4 heteroatoms. The number of rotatable bonds is 1.